The molecule has 1 rings (SSSR count). The number of carbonyl (C=O) groups is 2. The number of imidazole rings is 1. The largest absolute Gasteiger partial charge is 0.480 e. The Labute approximate surface area is 115 Å². The van der Waals surface area contributed by atoms with Crippen molar-refractivity contribution in [3.63, 3.8) is 0 Å². The summed E-state index contributed by atoms with van der Waals surface area (Å²) in [5, 5.41) is 11.4. The van der Waals surface area contributed by atoms with Gasteiger partial charge in [0, 0.05) is 55.4 Å². The van der Waals surface area contributed by atoms with Crippen LogP contribution in [0, 0.1) is 0 Å². The Morgan fingerprint density at radius 1 is 1.61 bits per heavy atom. The van der Waals surface area contributed by atoms with Gasteiger partial charge in [-0.1, -0.05) is 0 Å². The number of nitrogens with one attached hydrogen (secondary N) is 1. The molecule has 0 aliphatic heterocycles. The Kier molecular flexibility index (Phi) is 7.26. The summed E-state index contributed by atoms with van der Waals surface area (Å²) in [5.41, 5.74) is 5.96. The summed E-state index contributed by atoms with van der Waals surface area (Å²) in [4.78, 5) is 26.2. The van der Waals surface area contributed by atoms with Crippen LogP contribution in [0.5, 0.6) is 0 Å². The van der Waals surface area contributed by atoms with Gasteiger partial charge in [0.25, 0.3) is 0 Å². The van der Waals surface area contributed by atoms with Crippen LogP contribution in [0.2, 0.25) is 0 Å². The number of hydrogen-bond acceptors (Lipinski definition) is 4. The van der Waals surface area contributed by atoms with Gasteiger partial charge >= 0.3 is 5.97 Å². The predicted octanol–water partition coefficient (Wildman–Crippen LogP) is -1.12. The van der Waals surface area contributed by atoms with E-state index in [0.29, 0.717) is 0 Å². The van der Waals surface area contributed by atoms with Gasteiger partial charge in [-0.2, -0.15) is 0 Å². The molecular weight excluding hydrogens is 288 g/mol. The molecular formula is C10H16CuN4O3. The van der Waals surface area contributed by atoms with Crippen molar-refractivity contribution in [2.75, 3.05) is 6.54 Å². The first-order valence-corrected chi connectivity index (χ1v) is 5.22. The van der Waals surface area contributed by atoms with E-state index in [9.17, 15) is 9.59 Å². The van der Waals surface area contributed by atoms with E-state index >= 15 is 0 Å². The molecule has 7 nitrogen and oxygen atoms in total. The normalized spacial score (nSPS) is 11.4. The van der Waals surface area contributed by atoms with Gasteiger partial charge in [-0.3, -0.25) is 4.79 Å². The minimum absolute atomic E-state index is 0. The third-order valence-electron chi connectivity index (χ3n) is 2.33. The fraction of sp³-hybridized carbons (Fsp3) is 0.500. The molecule has 0 bridgehead atoms. The SMILES string of the molecule is Cn1cncc1C[C@H](NC(=O)CCN)C(=O)O.[Cu]. The van der Waals surface area contributed by atoms with Crippen molar-refractivity contribution in [3.8, 4) is 0 Å². The topological polar surface area (TPSA) is 110 Å². The number of hydrogen-bond donors (Lipinski definition) is 3. The van der Waals surface area contributed by atoms with Crippen LogP contribution in [0.1, 0.15) is 12.1 Å². The number of carbonyl (C=O) groups excluding carboxylic acids is 1. The van der Waals surface area contributed by atoms with Gasteiger partial charge in [0.2, 0.25) is 5.91 Å². The van der Waals surface area contributed by atoms with E-state index in [1.54, 1.807) is 24.1 Å². The first kappa shape index (κ1) is 16.6. The molecule has 1 aromatic rings. The van der Waals surface area contributed by atoms with Crippen molar-refractivity contribution in [3.05, 3.63) is 18.2 Å². The Hall–Kier alpha value is -1.37. The molecule has 18 heavy (non-hydrogen) atoms. The second kappa shape index (κ2) is 7.86. The summed E-state index contributed by atoms with van der Waals surface area (Å²) in [6, 6.07) is -0.954. The number of carboxylic acids is 1. The number of amides is 1. The van der Waals surface area contributed by atoms with Gasteiger partial charge in [0.05, 0.1) is 6.33 Å². The molecule has 1 atom stereocenters. The summed E-state index contributed by atoms with van der Waals surface area (Å²) in [6.07, 6.45) is 3.47. The molecule has 4 N–H and O–H groups in total. The van der Waals surface area contributed by atoms with Crippen molar-refractivity contribution in [2.24, 2.45) is 12.8 Å². The zero-order valence-electron chi connectivity index (χ0n) is 9.89. The predicted molar refractivity (Wildman–Crippen MR) is 60.1 cm³/mol. The van der Waals surface area contributed by atoms with Gasteiger partial charge in [0.1, 0.15) is 6.04 Å². The summed E-state index contributed by atoms with van der Waals surface area (Å²) in [6.45, 7) is 0.198. The molecule has 0 unspecified atom stereocenters. The van der Waals surface area contributed by atoms with Gasteiger partial charge in [-0.15, -0.1) is 0 Å². The third kappa shape index (κ3) is 4.87. The molecule has 1 radical (unpaired) electrons. The summed E-state index contributed by atoms with van der Waals surface area (Å²) in [5.74, 6) is -1.43. The van der Waals surface area contributed by atoms with Crippen LogP contribution < -0.4 is 11.1 Å². The first-order valence-electron chi connectivity index (χ1n) is 5.22. The molecule has 1 heterocycles. The zero-order valence-corrected chi connectivity index (χ0v) is 10.8. The van der Waals surface area contributed by atoms with Crippen LogP contribution in [-0.4, -0.2) is 39.1 Å². The van der Waals surface area contributed by atoms with E-state index in [4.69, 9.17) is 10.8 Å². The Bertz CT molecular complexity index is 408. The van der Waals surface area contributed by atoms with Crippen molar-refractivity contribution in [1.82, 2.24) is 14.9 Å². The van der Waals surface area contributed by atoms with Crippen LogP contribution in [0.3, 0.4) is 0 Å². The Morgan fingerprint density at radius 2 is 2.28 bits per heavy atom. The van der Waals surface area contributed by atoms with Gasteiger partial charge in [-0.05, 0) is 0 Å². The number of aromatic nitrogens is 2. The Morgan fingerprint density at radius 3 is 2.72 bits per heavy atom. The summed E-state index contributed by atoms with van der Waals surface area (Å²) >= 11 is 0. The summed E-state index contributed by atoms with van der Waals surface area (Å²) in [7, 11) is 1.77. The molecule has 0 saturated heterocycles. The number of aliphatic carboxylic acids is 1. The van der Waals surface area contributed by atoms with E-state index in [-0.39, 0.29) is 42.4 Å². The number of rotatable bonds is 6. The maximum atomic E-state index is 11.3. The quantitative estimate of drug-likeness (QED) is 0.577. The first-order chi connectivity index (χ1) is 8.04. The minimum Gasteiger partial charge on any atom is -0.480 e. The minimum atomic E-state index is -1.07. The molecule has 8 heteroatoms. The Balaban J connectivity index is 0.00000289. The van der Waals surface area contributed by atoms with Crippen LogP contribution in [-0.2, 0) is 40.1 Å². The van der Waals surface area contributed by atoms with Gasteiger partial charge in [-0.25, -0.2) is 9.78 Å². The number of nitrogens with two attached hydrogens (primary N) is 1. The maximum Gasteiger partial charge on any atom is 0.326 e. The molecule has 0 aromatic carbocycles. The van der Waals surface area contributed by atoms with Crippen LogP contribution in [0.15, 0.2) is 12.5 Å². The van der Waals surface area contributed by atoms with Gasteiger partial charge in [0.15, 0.2) is 0 Å². The maximum absolute atomic E-state index is 11.3. The van der Waals surface area contributed by atoms with Crippen LogP contribution >= 0.6 is 0 Å². The molecule has 0 fully saturated rings. The molecule has 0 aliphatic carbocycles. The van der Waals surface area contributed by atoms with Crippen molar-refractivity contribution in [2.45, 2.75) is 18.9 Å². The molecule has 105 valence electrons. The van der Waals surface area contributed by atoms with E-state index in [1.165, 1.54) is 0 Å². The number of aryl methyl sites for hydroxylation is 1. The fourth-order valence-electron chi connectivity index (χ4n) is 1.39. The smallest absolute Gasteiger partial charge is 0.326 e. The second-order valence-corrected chi connectivity index (χ2v) is 3.70. The average Bonchev–Trinajstić information content (AvgIpc) is 2.63. The van der Waals surface area contributed by atoms with Crippen LogP contribution in [0.4, 0.5) is 0 Å². The van der Waals surface area contributed by atoms with Gasteiger partial charge < -0.3 is 20.7 Å². The van der Waals surface area contributed by atoms with E-state index in [0.717, 1.165) is 5.69 Å². The summed E-state index contributed by atoms with van der Waals surface area (Å²) < 4.78 is 1.71. The molecule has 0 spiro atoms. The molecule has 0 saturated carbocycles. The second-order valence-electron chi connectivity index (χ2n) is 3.70. The van der Waals surface area contributed by atoms with E-state index < -0.39 is 12.0 Å². The number of carboxylic acid groups (broad SMARTS) is 1. The average molecular weight is 304 g/mol. The standard InChI is InChI=1S/C10H16N4O3.Cu/c1-14-6-12-5-7(14)4-8(10(16)17)13-9(15)2-3-11;/h5-6,8H,2-4,11H2,1H3,(H,13,15)(H,16,17);/t8-;/m0./s1. The van der Waals surface area contributed by atoms with E-state index in [1.807, 2.05) is 0 Å². The molecule has 0 aliphatic rings. The van der Waals surface area contributed by atoms with Crippen LogP contribution in [0.25, 0.3) is 0 Å². The monoisotopic (exact) mass is 303 g/mol. The van der Waals surface area contributed by atoms with Crippen molar-refractivity contribution < 1.29 is 31.8 Å². The fourth-order valence-corrected chi connectivity index (χ4v) is 1.39. The molecule has 1 aromatic heterocycles. The van der Waals surface area contributed by atoms with E-state index in [2.05, 4.69) is 10.3 Å². The zero-order chi connectivity index (χ0) is 12.8. The van der Waals surface area contributed by atoms with Crippen molar-refractivity contribution in [1.29, 1.82) is 0 Å². The van der Waals surface area contributed by atoms with Crippen molar-refractivity contribution >= 4 is 11.9 Å². The number of nitrogens with zero attached hydrogens (tertiary/aromatic N) is 2. The third-order valence-corrected chi connectivity index (χ3v) is 2.33. The molecule has 1 amide bonds.